The molecule has 1 aromatic heterocycles. The van der Waals surface area contributed by atoms with Crippen LogP contribution < -0.4 is 5.32 Å². The van der Waals surface area contributed by atoms with E-state index in [1.807, 2.05) is 19.1 Å². The SMILES string of the molecule is C[C@H](NC(=O)C(=O)N1CCOCC1)[C@H](c1cccs1)N1CCN(Cc2ccccc2)CC1. The zero-order valence-electron chi connectivity index (χ0n) is 18.6. The van der Waals surface area contributed by atoms with E-state index in [9.17, 15) is 9.59 Å². The molecule has 2 saturated heterocycles. The van der Waals surface area contributed by atoms with Gasteiger partial charge in [-0.3, -0.25) is 19.4 Å². The lowest BCUT2D eigenvalue weighted by molar-refractivity contribution is -0.149. The fourth-order valence-electron chi connectivity index (χ4n) is 4.50. The zero-order valence-corrected chi connectivity index (χ0v) is 19.4. The summed E-state index contributed by atoms with van der Waals surface area (Å²) >= 11 is 1.70. The number of hydrogen-bond donors (Lipinski definition) is 1. The predicted octanol–water partition coefficient (Wildman–Crippen LogP) is 1.97. The standard InChI is InChI=1S/C24H32N4O3S/c1-19(25-23(29)24(30)28-13-15-31-16-14-28)22(21-8-5-17-32-21)27-11-9-26(10-12-27)18-20-6-3-2-4-7-20/h2-8,17,19,22H,9-16,18H2,1H3,(H,25,29)/t19-,22+/m0/s1. The minimum atomic E-state index is -0.524. The summed E-state index contributed by atoms with van der Waals surface area (Å²) in [5, 5.41) is 5.06. The number of nitrogens with one attached hydrogen (secondary N) is 1. The van der Waals surface area contributed by atoms with E-state index in [1.54, 1.807) is 16.2 Å². The summed E-state index contributed by atoms with van der Waals surface area (Å²) in [5.74, 6) is -0.985. The van der Waals surface area contributed by atoms with Gasteiger partial charge in [-0.15, -0.1) is 11.3 Å². The number of rotatable bonds is 6. The van der Waals surface area contributed by atoms with Crippen LogP contribution in [0.2, 0.25) is 0 Å². The molecule has 0 saturated carbocycles. The van der Waals surface area contributed by atoms with Crippen LogP contribution in [-0.4, -0.2) is 85.0 Å². The first-order chi connectivity index (χ1) is 15.6. The fourth-order valence-corrected chi connectivity index (χ4v) is 5.46. The molecule has 2 amide bonds. The Morgan fingerprint density at radius 2 is 1.72 bits per heavy atom. The highest BCUT2D eigenvalue weighted by atomic mass is 32.1. The van der Waals surface area contributed by atoms with Crippen molar-refractivity contribution >= 4 is 23.2 Å². The molecule has 8 heteroatoms. The fraction of sp³-hybridized carbons (Fsp3) is 0.500. The van der Waals surface area contributed by atoms with E-state index >= 15 is 0 Å². The highest BCUT2D eigenvalue weighted by Gasteiger charge is 2.33. The number of nitrogens with zero attached hydrogens (tertiary/aromatic N) is 3. The van der Waals surface area contributed by atoms with Gasteiger partial charge in [0.1, 0.15) is 0 Å². The van der Waals surface area contributed by atoms with E-state index in [4.69, 9.17) is 4.74 Å². The van der Waals surface area contributed by atoms with Crippen LogP contribution >= 0.6 is 11.3 Å². The molecule has 32 heavy (non-hydrogen) atoms. The molecule has 7 nitrogen and oxygen atoms in total. The van der Waals surface area contributed by atoms with Crippen LogP contribution in [-0.2, 0) is 20.9 Å². The van der Waals surface area contributed by atoms with E-state index < -0.39 is 11.8 Å². The Labute approximate surface area is 193 Å². The molecule has 2 atom stereocenters. The number of carbonyl (C=O) groups excluding carboxylic acids is 2. The van der Waals surface area contributed by atoms with Gasteiger partial charge >= 0.3 is 11.8 Å². The maximum Gasteiger partial charge on any atom is 0.312 e. The van der Waals surface area contributed by atoms with Crippen LogP contribution in [0.5, 0.6) is 0 Å². The van der Waals surface area contributed by atoms with Crippen molar-refractivity contribution in [3.05, 3.63) is 58.3 Å². The Kier molecular flexibility index (Phi) is 7.91. The summed E-state index contributed by atoms with van der Waals surface area (Å²) < 4.78 is 5.29. The molecule has 3 heterocycles. The first-order valence-corrected chi connectivity index (χ1v) is 12.2. The smallest absolute Gasteiger partial charge is 0.312 e. The van der Waals surface area contributed by atoms with Crippen molar-refractivity contribution in [2.45, 2.75) is 25.6 Å². The monoisotopic (exact) mass is 456 g/mol. The molecule has 0 unspecified atom stereocenters. The van der Waals surface area contributed by atoms with E-state index in [1.165, 1.54) is 10.4 Å². The van der Waals surface area contributed by atoms with Crippen LogP contribution in [0, 0.1) is 0 Å². The van der Waals surface area contributed by atoms with Gasteiger partial charge in [-0.2, -0.15) is 0 Å². The van der Waals surface area contributed by atoms with Crippen LogP contribution in [0.25, 0.3) is 0 Å². The molecule has 2 aliphatic heterocycles. The topological polar surface area (TPSA) is 65.1 Å². The molecule has 0 bridgehead atoms. The van der Waals surface area contributed by atoms with E-state index in [0.717, 1.165) is 32.7 Å². The maximum atomic E-state index is 12.7. The van der Waals surface area contributed by atoms with Crippen LogP contribution in [0.4, 0.5) is 0 Å². The summed E-state index contributed by atoms with van der Waals surface area (Å²) in [6, 6.07) is 14.6. The summed E-state index contributed by atoms with van der Waals surface area (Å²) in [6.45, 7) is 8.67. The van der Waals surface area contributed by atoms with Gasteiger partial charge in [-0.1, -0.05) is 36.4 Å². The molecule has 0 radical (unpaired) electrons. The second-order valence-electron chi connectivity index (χ2n) is 8.42. The third kappa shape index (κ3) is 5.75. The minimum absolute atomic E-state index is 0.0512. The lowest BCUT2D eigenvalue weighted by Crippen LogP contribution is -2.54. The number of carbonyl (C=O) groups is 2. The second-order valence-corrected chi connectivity index (χ2v) is 9.40. The van der Waals surface area contributed by atoms with Crippen LogP contribution in [0.15, 0.2) is 47.8 Å². The Balaban J connectivity index is 1.37. The Bertz CT molecular complexity index is 863. The molecule has 172 valence electrons. The molecule has 0 aliphatic carbocycles. The summed E-state index contributed by atoms with van der Waals surface area (Å²) in [7, 11) is 0. The molecule has 2 aliphatic rings. The Morgan fingerprint density at radius 3 is 2.38 bits per heavy atom. The lowest BCUT2D eigenvalue weighted by Gasteiger charge is -2.41. The first-order valence-electron chi connectivity index (χ1n) is 11.3. The average Bonchev–Trinajstić information content (AvgIpc) is 3.35. The molecular weight excluding hydrogens is 424 g/mol. The van der Waals surface area contributed by atoms with Gasteiger partial charge in [-0.05, 0) is 23.9 Å². The van der Waals surface area contributed by atoms with E-state index in [2.05, 4.69) is 50.8 Å². The number of amides is 2. The summed E-state index contributed by atoms with van der Waals surface area (Å²) in [6.07, 6.45) is 0. The molecule has 1 aromatic carbocycles. The quantitative estimate of drug-likeness (QED) is 0.674. The van der Waals surface area contributed by atoms with Crippen molar-refractivity contribution in [3.8, 4) is 0 Å². The Morgan fingerprint density at radius 1 is 1.00 bits per heavy atom. The van der Waals surface area contributed by atoms with Gasteiger partial charge in [0, 0.05) is 56.7 Å². The van der Waals surface area contributed by atoms with Gasteiger partial charge in [0.05, 0.1) is 19.3 Å². The van der Waals surface area contributed by atoms with Crippen molar-refractivity contribution in [3.63, 3.8) is 0 Å². The summed E-state index contributed by atoms with van der Waals surface area (Å²) in [4.78, 5) is 33.0. The van der Waals surface area contributed by atoms with Crippen molar-refractivity contribution in [2.75, 3.05) is 52.5 Å². The number of morpholine rings is 1. The van der Waals surface area contributed by atoms with Crippen molar-refractivity contribution < 1.29 is 14.3 Å². The number of piperazine rings is 1. The van der Waals surface area contributed by atoms with E-state index in [-0.39, 0.29) is 12.1 Å². The largest absolute Gasteiger partial charge is 0.378 e. The highest BCUT2D eigenvalue weighted by molar-refractivity contribution is 7.10. The zero-order chi connectivity index (χ0) is 22.3. The van der Waals surface area contributed by atoms with Crippen molar-refractivity contribution in [1.29, 1.82) is 0 Å². The third-order valence-corrected chi connectivity index (χ3v) is 7.15. The van der Waals surface area contributed by atoms with Crippen molar-refractivity contribution in [2.24, 2.45) is 0 Å². The minimum Gasteiger partial charge on any atom is -0.378 e. The second kappa shape index (κ2) is 11.0. The molecule has 4 rings (SSSR count). The predicted molar refractivity (Wildman–Crippen MR) is 125 cm³/mol. The molecular formula is C24H32N4O3S. The first kappa shape index (κ1) is 22.9. The molecule has 2 fully saturated rings. The highest BCUT2D eigenvalue weighted by Crippen LogP contribution is 2.29. The van der Waals surface area contributed by atoms with Crippen LogP contribution in [0.1, 0.15) is 23.4 Å². The number of thiophene rings is 1. The van der Waals surface area contributed by atoms with E-state index in [0.29, 0.717) is 26.3 Å². The van der Waals surface area contributed by atoms with Crippen molar-refractivity contribution in [1.82, 2.24) is 20.0 Å². The molecule has 1 N–H and O–H groups in total. The van der Waals surface area contributed by atoms with Gasteiger partial charge in [0.2, 0.25) is 0 Å². The normalized spacial score (nSPS) is 20.0. The van der Waals surface area contributed by atoms with Gasteiger partial charge < -0.3 is 15.0 Å². The molecule has 0 spiro atoms. The van der Waals surface area contributed by atoms with Crippen LogP contribution in [0.3, 0.4) is 0 Å². The maximum absolute atomic E-state index is 12.7. The van der Waals surface area contributed by atoms with Gasteiger partial charge in [0.25, 0.3) is 0 Å². The lowest BCUT2D eigenvalue weighted by atomic mass is 10.0. The third-order valence-electron chi connectivity index (χ3n) is 6.21. The molecule has 2 aromatic rings. The number of hydrogen-bond acceptors (Lipinski definition) is 6. The van der Waals surface area contributed by atoms with Gasteiger partial charge in [-0.25, -0.2) is 0 Å². The number of benzene rings is 1. The summed E-state index contributed by atoms with van der Waals surface area (Å²) in [5.41, 5.74) is 1.33. The van der Waals surface area contributed by atoms with Gasteiger partial charge in [0.15, 0.2) is 0 Å². The average molecular weight is 457 g/mol. The Hall–Kier alpha value is -2.26. The number of ether oxygens (including phenoxy) is 1.